The Morgan fingerprint density at radius 1 is 1.07 bits per heavy atom. The quantitative estimate of drug-likeness (QED) is 0.542. The fraction of sp³-hybridized carbons (Fsp3) is 0.143. The molecule has 1 unspecified atom stereocenters. The van der Waals surface area contributed by atoms with E-state index >= 15 is 0 Å². The summed E-state index contributed by atoms with van der Waals surface area (Å²) in [5.41, 5.74) is 9.99. The molecule has 146 valence electrons. The van der Waals surface area contributed by atoms with Crippen molar-refractivity contribution in [2.75, 3.05) is 6.26 Å². The number of nitrogens with zero attached hydrogens (tertiary/aromatic N) is 4. The van der Waals surface area contributed by atoms with Gasteiger partial charge in [-0.25, -0.2) is 4.98 Å². The first-order valence-electron chi connectivity index (χ1n) is 8.96. The fourth-order valence-corrected chi connectivity index (χ4v) is 3.73. The van der Waals surface area contributed by atoms with Crippen LogP contribution in [0.4, 0.5) is 0 Å². The highest BCUT2D eigenvalue weighted by Gasteiger charge is 2.17. The first-order chi connectivity index (χ1) is 14.1. The van der Waals surface area contributed by atoms with Crippen molar-refractivity contribution >= 4 is 10.8 Å². The van der Waals surface area contributed by atoms with Gasteiger partial charge in [0.1, 0.15) is 5.69 Å². The van der Waals surface area contributed by atoms with Gasteiger partial charge in [0.25, 0.3) is 5.89 Å². The van der Waals surface area contributed by atoms with Gasteiger partial charge in [-0.1, -0.05) is 30.3 Å². The maximum absolute atomic E-state index is 12.1. The maximum Gasteiger partial charge on any atom is 0.268 e. The molecular formula is C21H19N5O2S. The molecule has 0 saturated heterocycles. The molecular weight excluding hydrogens is 386 g/mol. The second kappa shape index (κ2) is 8.02. The van der Waals surface area contributed by atoms with Crippen molar-refractivity contribution in [2.24, 2.45) is 5.73 Å². The zero-order chi connectivity index (χ0) is 20.4. The van der Waals surface area contributed by atoms with E-state index in [4.69, 9.17) is 10.2 Å². The molecule has 4 rings (SSSR count). The average Bonchev–Trinajstić information content (AvgIpc) is 3.24. The minimum absolute atomic E-state index is 0.278. The molecule has 2 N–H and O–H groups in total. The largest absolute Gasteiger partial charge is 0.415 e. The van der Waals surface area contributed by atoms with Crippen LogP contribution < -0.4 is 5.73 Å². The molecule has 2 aromatic carbocycles. The van der Waals surface area contributed by atoms with Crippen LogP contribution in [0.3, 0.4) is 0 Å². The van der Waals surface area contributed by atoms with E-state index in [1.54, 1.807) is 12.5 Å². The van der Waals surface area contributed by atoms with E-state index in [1.807, 2.05) is 55.5 Å². The van der Waals surface area contributed by atoms with E-state index in [0.29, 0.717) is 34.4 Å². The van der Waals surface area contributed by atoms with Crippen LogP contribution in [0.25, 0.3) is 34.3 Å². The molecule has 4 aromatic rings. The van der Waals surface area contributed by atoms with Gasteiger partial charge < -0.3 is 10.2 Å². The highest BCUT2D eigenvalue weighted by molar-refractivity contribution is 7.84. The van der Waals surface area contributed by atoms with E-state index in [9.17, 15) is 4.21 Å². The second-order valence-corrected chi connectivity index (χ2v) is 7.80. The summed E-state index contributed by atoms with van der Waals surface area (Å²) >= 11 is 0. The molecule has 0 spiro atoms. The monoisotopic (exact) mass is 405 g/mol. The summed E-state index contributed by atoms with van der Waals surface area (Å²) in [6, 6.07) is 15.1. The van der Waals surface area contributed by atoms with E-state index in [2.05, 4.69) is 20.2 Å². The summed E-state index contributed by atoms with van der Waals surface area (Å²) in [6.07, 6.45) is 3.30. The zero-order valence-corrected chi connectivity index (χ0v) is 16.8. The third-order valence-corrected chi connectivity index (χ3v) is 5.44. The van der Waals surface area contributed by atoms with Gasteiger partial charge in [-0.2, -0.15) is 0 Å². The normalized spacial score (nSPS) is 12.1. The van der Waals surface area contributed by atoms with Crippen molar-refractivity contribution in [3.8, 4) is 34.3 Å². The zero-order valence-electron chi connectivity index (χ0n) is 16.0. The Balaban J connectivity index is 1.76. The third-order valence-electron chi connectivity index (χ3n) is 4.47. The molecule has 0 amide bonds. The molecule has 0 radical (unpaired) electrons. The van der Waals surface area contributed by atoms with Crippen molar-refractivity contribution in [3.63, 3.8) is 0 Å². The smallest absolute Gasteiger partial charge is 0.268 e. The predicted octanol–water partition coefficient (Wildman–Crippen LogP) is 3.37. The molecule has 0 bridgehead atoms. The van der Waals surface area contributed by atoms with E-state index in [1.165, 1.54) is 0 Å². The topological polar surface area (TPSA) is 108 Å². The van der Waals surface area contributed by atoms with Gasteiger partial charge in [0.15, 0.2) is 0 Å². The summed E-state index contributed by atoms with van der Waals surface area (Å²) in [5.74, 6) is 0.664. The van der Waals surface area contributed by atoms with Crippen molar-refractivity contribution in [1.82, 2.24) is 20.2 Å². The molecule has 7 nitrogen and oxygen atoms in total. The highest BCUT2D eigenvalue weighted by Crippen LogP contribution is 2.29. The fourth-order valence-electron chi connectivity index (χ4n) is 2.98. The SMILES string of the molecule is Cc1ncc(-c2ccccc2S(C)=O)nc1-c1nnc(-c2cccc(CN)c2)o1. The lowest BCUT2D eigenvalue weighted by Gasteiger charge is -2.08. The van der Waals surface area contributed by atoms with Crippen LogP contribution in [0.15, 0.2) is 64.0 Å². The Hall–Kier alpha value is -3.23. The van der Waals surface area contributed by atoms with E-state index in [-0.39, 0.29) is 5.89 Å². The molecule has 0 aliphatic rings. The summed E-state index contributed by atoms with van der Waals surface area (Å²) in [6.45, 7) is 2.26. The predicted molar refractivity (Wildman–Crippen MR) is 111 cm³/mol. The lowest BCUT2D eigenvalue weighted by Crippen LogP contribution is -1.98. The number of hydrogen-bond acceptors (Lipinski definition) is 7. The molecule has 0 fully saturated rings. The summed E-state index contributed by atoms with van der Waals surface area (Å²) in [5, 5.41) is 8.31. The van der Waals surface area contributed by atoms with Crippen molar-refractivity contribution in [1.29, 1.82) is 0 Å². The minimum Gasteiger partial charge on any atom is -0.415 e. The van der Waals surface area contributed by atoms with Gasteiger partial charge in [0.2, 0.25) is 5.89 Å². The Morgan fingerprint density at radius 3 is 2.66 bits per heavy atom. The Labute approximate surface area is 170 Å². The van der Waals surface area contributed by atoms with Crippen LogP contribution in [0.2, 0.25) is 0 Å². The van der Waals surface area contributed by atoms with Crippen LogP contribution in [0.1, 0.15) is 11.3 Å². The standard InChI is InChI=1S/C21H19N5O2S/c1-13-19(21-26-25-20(28-21)15-7-5-6-14(10-15)11-22)24-17(12-23-13)16-8-3-4-9-18(16)29(2)27/h3-10,12H,11,22H2,1-2H3. The number of rotatable bonds is 5. The molecule has 8 heteroatoms. The molecule has 0 aliphatic heterocycles. The van der Waals surface area contributed by atoms with Gasteiger partial charge in [-0.15, -0.1) is 10.2 Å². The van der Waals surface area contributed by atoms with E-state index < -0.39 is 10.8 Å². The van der Waals surface area contributed by atoms with Crippen LogP contribution in [-0.4, -0.2) is 30.6 Å². The van der Waals surface area contributed by atoms with Crippen molar-refractivity contribution < 1.29 is 8.63 Å². The molecule has 2 aromatic heterocycles. The minimum atomic E-state index is -1.15. The van der Waals surface area contributed by atoms with Crippen LogP contribution >= 0.6 is 0 Å². The third kappa shape index (κ3) is 3.85. The average molecular weight is 405 g/mol. The first kappa shape index (κ1) is 19.1. The summed E-state index contributed by atoms with van der Waals surface area (Å²) in [7, 11) is -1.15. The lowest BCUT2D eigenvalue weighted by atomic mass is 10.1. The van der Waals surface area contributed by atoms with Crippen LogP contribution in [0.5, 0.6) is 0 Å². The molecule has 0 aliphatic carbocycles. The van der Waals surface area contributed by atoms with Crippen LogP contribution in [-0.2, 0) is 17.3 Å². The maximum atomic E-state index is 12.1. The number of nitrogens with two attached hydrogens (primary N) is 1. The van der Waals surface area contributed by atoms with Gasteiger partial charge in [0.05, 0.1) is 28.4 Å². The Morgan fingerprint density at radius 2 is 1.86 bits per heavy atom. The van der Waals surface area contributed by atoms with Crippen molar-refractivity contribution in [2.45, 2.75) is 18.4 Å². The number of benzene rings is 2. The van der Waals surface area contributed by atoms with Gasteiger partial charge in [0, 0.05) is 28.8 Å². The number of aromatic nitrogens is 4. The first-order valence-corrected chi connectivity index (χ1v) is 10.5. The van der Waals surface area contributed by atoms with Gasteiger partial charge >= 0.3 is 0 Å². The Bertz CT molecular complexity index is 1210. The highest BCUT2D eigenvalue weighted by atomic mass is 32.2. The van der Waals surface area contributed by atoms with Crippen LogP contribution in [0, 0.1) is 6.92 Å². The summed E-state index contributed by atoms with van der Waals surface area (Å²) in [4.78, 5) is 9.82. The molecule has 2 heterocycles. The molecule has 29 heavy (non-hydrogen) atoms. The molecule has 1 atom stereocenters. The number of aryl methyl sites for hydroxylation is 1. The Kier molecular flexibility index (Phi) is 5.28. The molecule has 0 saturated carbocycles. The number of hydrogen-bond donors (Lipinski definition) is 1. The van der Waals surface area contributed by atoms with Gasteiger partial charge in [-0.05, 0) is 30.7 Å². The summed E-state index contributed by atoms with van der Waals surface area (Å²) < 4.78 is 18.0. The van der Waals surface area contributed by atoms with E-state index in [0.717, 1.165) is 16.7 Å². The lowest BCUT2D eigenvalue weighted by molar-refractivity contribution is 0.581. The van der Waals surface area contributed by atoms with Crippen molar-refractivity contribution in [3.05, 3.63) is 66.0 Å². The second-order valence-electron chi connectivity index (χ2n) is 6.46. The van der Waals surface area contributed by atoms with Gasteiger partial charge in [-0.3, -0.25) is 9.19 Å².